The van der Waals surface area contributed by atoms with Gasteiger partial charge < -0.3 is 115 Å². The molecule has 4 aliphatic rings. The van der Waals surface area contributed by atoms with Gasteiger partial charge in [-0.2, -0.15) is 0 Å². The fourth-order valence-electron chi connectivity index (χ4n) is 8.05. The molecule has 4 aliphatic heterocycles. The molecule has 4 heterocycles. The number of aliphatic hydroxyl groups is 8. The fourth-order valence-corrected chi connectivity index (χ4v) is 8.05. The molecular formula is C38H62N4O25. The number of ether oxygens (including phenoxy) is 9. The highest BCUT2D eigenvalue weighted by Gasteiger charge is 2.57. The van der Waals surface area contributed by atoms with Crippen molar-refractivity contribution in [1.29, 1.82) is 0 Å². The highest BCUT2D eigenvalue weighted by molar-refractivity contribution is 5.75. The highest BCUT2D eigenvalue weighted by Crippen LogP contribution is 2.36. The van der Waals surface area contributed by atoms with Crippen LogP contribution in [0.1, 0.15) is 41.5 Å². The third kappa shape index (κ3) is 13.7. The Morgan fingerprint density at radius 1 is 0.448 bits per heavy atom. The smallest absolute Gasteiger partial charge is 0.332 e. The summed E-state index contributed by atoms with van der Waals surface area (Å²) in [6.07, 6.45) is -31.5. The van der Waals surface area contributed by atoms with Gasteiger partial charge >= 0.3 is 11.9 Å². The summed E-state index contributed by atoms with van der Waals surface area (Å²) in [6, 6.07) is -6.52. The van der Waals surface area contributed by atoms with Crippen LogP contribution in [0.3, 0.4) is 0 Å². The van der Waals surface area contributed by atoms with Gasteiger partial charge in [-0.05, 0) is 13.8 Å². The molecule has 0 spiro atoms. The van der Waals surface area contributed by atoms with E-state index in [9.17, 15) is 79.8 Å². The Kier molecular flexibility index (Phi) is 20.5. The largest absolute Gasteiger partial charge is 0.479 e. The number of aliphatic hydroxyl groups excluding tert-OH is 8. The van der Waals surface area contributed by atoms with Gasteiger partial charge in [0.25, 0.3) is 0 Å². The van der Waals surface area contributed by atoms with Gasteiger partial charge in [0.15, 0.2) is 37.4 Å². The molecule has 0 aromatic heterocycles. The van der Waals surface area contributed by atoms with E-state index in [4.69, 9.17) is 42.6 Å². The Labute approximate surface area is 381 Å². The van der Waals surface area contributed by atoms with Gasteiger partial charge in [0.2, 0.25) is 23.6 Å². The summed E-state index contributed by atoms with van der Waals surface area (Å²) in [5, 5.41) is 115. The van der Waals surface area contributed by atoms with Crippen LogP contribution in [0.2, 0.25) is 0 Å². The van der Waals surface area contributed by atoms with Crippen LogP contribution in [0.25, 0.3) is 0 Å². The van der Waals surface area contributed by atoms with Gasteiger partial charge in [-0.1, -0.05) is 0 Å². The summed E-state index contributed by atoms with van der Waals surface area (Å²) in [4.78, 5) is 73.7. The minimum absolute atomic E-state index is 0.708. The molecule has 4 saturated heterocycles. The van der Waals surface area contributed by atoms with Crippen molar-refractivity contribution in [3.63, 3.8) is 0 Å². The first-order valence-corrected chi connectivity index (χ1v) is 21.1. The van der Waals surface area contributed by atoms with Gasteiger partial charge in [0.05, 0.1) is 26.4 Å². The van der Waals surface area contributed by atoms with Crippen molar-refractivity contribution in [2.24, 2.45) is 0 Å². The van der Waals surface area contributed by atoms with Crippen molar-refractivity contribution in [3.05, 3.63) is 0 Å². The number of nitrogens with one attached hydrogen (secondary N) is 4. The lowest BCUT2D eigenvalue weighted by molar-refractivity contribution is -0.365. The minimum Gasteiger partial charge on any atom is -0.479 e. The number of hydrogen-bond donors (Lipinski definition) is 14. The second-order valence-electron chi connectivity index (χ2n) is 16.3. The minimum atomic E-state index is -2.01. The second kappa shape index (κ2) is 24.6. The first kappa shape index (κ1) is 55.7. The summed E-state index contributed by atoms with van der Waals surface area (Å²) < 4.78 is 53.1. The topological polar surface area (TPSA) is 436 Å². The summed E-state index contributed by atoms with van der Waals surface area (Å²) in [6.45, 7) is 2.62. The van der Waals surface area contributed by atoms with Crippen molar-refractivity contribution in [2.45, 2.75) is 176 Å². The highest BCUT2D eigenvalue weighted by atomic mass is 16.8. The van der Waals surface area contributed by atoms with Crippen LogP contribution in [0.5, 0.6) is 0 Å². The Balaban J connectivity index is 1.74. The van der Waals surface area contributed by atoms with Crippen LogP contribution in [-0.2, 0) is 71.4 Å². The molecule has 29 nitrogen and oxygen atoms in total. The van der Waals surface area contributed by atoms with E-state index in [0.717, 1.165) is 41.5 Å². The maximum Gasteiger partial charge on any atom is 0.332 e. The first-order valence-electron chi connectivity index (χ1n) is 21.1. The number of amides is 4. The van der Waals surface area contributed by atoms with Crippen molar-refractivity contribution < 1.29 is 122 Å². The van der Waals surface area contributed by atoms with E-state index in [1.165, 1.54) is 0 Å². The summed E-state index contributed by atoms with van der Waals surface area (Å²) in [5.74, 6) is -6.10. The molecule has 14 N–H and O–H groups in total. The standard InChI is InChI=1S/C38H62N4O25/c1-11(33(54)55)59-31-23(41-15(5)49)37(62-17(7-43)25(31)51)66-29-19(9-45)63-36(22(27(29)53)40-14(4)48)67-30-20(10-46)64-38(24(42-16(6)50)32(30)60-12(2)34(56)57)65-28-18(8-44)61-35(58)21(26(28)52)39-13(3)47/h11-12,17-32,35-38,43-46,51-53,58H,7-10H2,1-6H3,(H,39,47)(H,40,48)(H,41,49)(H,42,50)(H,54,55)(H,56,57)/t11-,12-,17-,18-,19-,20-,21-,22-,23-,24-,25-,26-,27-,28-,29-,30-,31-,32-,35?,36+,37+,38+/m1/s1. The molecule has 4 amide bonds. The Hall–Kier alpha value is -3.86. The van der Waals surface area contributed by atoms with Gasteiger partial charge in [0.1, 0.15) is 97.4 Å². The number of carbonyl (C=O) groups excluding carboxylic acids is 4. The molecular weight excluding hydrogens is 912 g/mol. The normalized spacial score (nSPS) is 39.9. The number of carboxylic acids is 2. The van der Waals surface area contributed by atoms with Crippen molar-refractivity contribution >= 4 is 35.6 Å². The summed E-state index contributed by atoms with van der Waals surface area (Å²) in [7, 11) is 0. The average molecular weight is 975 g/mol. The average Bonchev–Trinajstić information content (AvgIpc) is 3.25. The molecule has 4 fully saturated rings. The lowest BCUT2D eigenvalue weighted by Crippen LogP contribution is -2.72. The van der Waals surface area contributed by atoms with Gasteiger partial charge in [-0.3, -0.25) is 19.2 Å². The van der Waals surface area contributed by atoms with E-state index in [1.807, 2.05) is 0 Å². The Morgan fingerprint density at radius 2 is 0.776 bits per heavy atom. The zero-order chi connectivity index (χ0) is 50.2. The van der Waals surface area contributed by atoms with E-state index < -0.39 is 197 Å². The maximum atomic E-state index is 12.8. The molecule has 384 valence electrons. The predicted molar refractivity (Wildman–Crippen MR) is 212 cm³/mol. The molecule has 0 bridgehead atoms. The van der Waals surface area contributed by atoms with E-state index in [2.05, 4.69) is 21.3 Å². The van der Waals surface area contributed by atoms with Crippen LogP contribution in [0.15, 0.2) is 0 Å². The molecule has 67 heavy (non-hydrogen) atoms. The Bertz CT molecular complexity index is 1700. The number of carboxylic acid groups (broad SMARTS) is 2. The third-order valence-corrected chi connectivity index (χ3v) is 11.2. The molecule has 1 unspecified atom stereocenters. The lowest BCUT2D eigenvalue weighted by atomic mass is 9.93. The van der Waals surface area contributed by atoms with E-state index in [0.29, 0.717) is 0 Å². The van der Waals surface area contributed by atoms with Crippen LogP contribution in [-0.4, -0.2) is 248 Å². The van der Waals surface area contributed by atoms with E-state index >= 15 is 0 Å². The van der Waals surface area contributed by atoms with E-state index in [1.54, 1.807) is 0 Å². The molecule has 0 aromatic rings. The number of carbonyl (C=O) groups is 6. The maximum absolute atomic E-state index is 12.8. The quantitative estimate of drug-likeness (QED) is 0.0539. The molecule has 22 atom stereocenters. The molecule has 4 rings (SSSR count). The summed E-state index contributed by atoms with van der Waals surface area (Å²) >= 11 is 0. The van der Waals surface area contributed by atoms with Crippen LogP contribution < -0.4 is 21.3 Å². The molecule has 0 radical (unpaired) electrons. The monoisotopic (exact) mass is 974 g/mol. The van der Waals surface area contributed by atoms with Crippen molar-refractivity contribution in [3.8, 4) is 0 Å². The lowest BCUT2D eigenvalue weighted by Gasteiger charge is -2.52. The number of aliphatic carboxylic acids is 2. The van der Waals surface area contributed by atoms with Crippen LogP contribution in [0.4, 0.5) is 0 Å². The van der Waals surface area contributed by atoms with Crippen molar-refractivity contribution in [2.75, 3.05) is 26.4 Å². The molecule has 29 heteroatoms. The van der Waals surface area contributed by atoms with E-state index in [-0.39, 0.29) is 0 Å². The second-order valence-corrected chi connectivity index (χ2v) is 16.3. The van der Waals surface area contributed by atoms with Gasteiger partial charge in [0, 0.05) is 27.7 Å². The molecule has 0 saturated carbocycles. The zero-order valence-electron chi connectivity index (χ0n) is 37.1. The number of rotatable bonds is 20. The van der Waals surface area contributed by atoms with Gasteiger partial charge in [-0.15, -0.1) is 0 Å². The zero-order valence-corrected chi connectivity index (χ0v) is 37.1. The summed E-state index contributed by atoms with van der Waals surface area (Å²) in [5.41, 5.74) is 0. The Morgan fingerprint density at radius 3 is 1.21 bits per heavy atom. The van der Waals surface area contributed by atoms with Crippen LogP contribution in [0, 0.1) is 0 Å². The molecule has 0 aliphatic carbocycles. The third-order valence-electron chi connectivity index (χ3n) is 11.2. The number of hydrogen-bond acceptors (Lipinski definition) is 23. The molecule has 0 aromatic carbocycles. The van der Waals surface area contributed by atoms with Crippen LogP contribution >= 0.6 is 0 Å². The van der Waals surface area contributed by atoms with Gasteiger partial charge in [-0.25, -0.2) is 9.59 Å². The van der Waals surface area contributed by atoms with Crippen molar-refractivity contribution in [1.82, 2.24) is 21.3 Å². The fraction of sp³-hybridized carbons (Fsp3) is 0.842. The first-order chi connectivity index (χ1) is 31.5. The SMILES string of the molecule is CC(=O)N[C@H]1[C@H](O[C@H]2[C@H](O[C@H](C)C(=O)O)[C@@H](NC(C)=O)[C@H](O[C@H]3[C@H](O)[C@@H](NC(C)=O)C(O)O[C@@H]3CO)O[C@@H]2CO)O[C@H](CO)[C@@H](O[C@@H]2O[C@H](CO)[C@@H](O)[C@H](O[C@H](C)C(=O)O)[C@H]2NC(C)=O)[C@@H]1O. The predicted octanol–water partition coefficient (Wildman–Crippen LogP) is -8.18.